The molecule has 1 saturated carbocycles. The van der Waals surface area contributed by atoms with Crippen LogP contribution in [0.3, 0.4) is 0 Å². The summed E-state index contributed by atoms with van der Waals surface area (Å²) in [6.07, 6.45) is 7.57. The molecule has 0 heterocycles. The van der Waals surface area contributed by atoms with Gasteiger partial charge in [0, 0.05) is 13.3 Å². The molecule has 1 aliphatic rings. The molecule has 0 N–H and O–H groups in total. The van der Waals surface area contributed by atoms with Crippen molar-refractivity contribution in [3.63, 3.8) is 0 Å². The molecule has 0 radical (unpaired) electrons. The van der Waals surface area contributed by atoms with Crippen molar-refractivity contribution in [1.29, 1.82) is 0 Å². The van der Waals surface area contributed by atoms with Crippen LogP contribution in [0.5, 0.6) is 0 Å². The molecule has 0 aromatic carbocycles. The topological polar surface area (TPSA) is 35.5 Å². The Morgan fingerprint density at radius 1 is 1.00 bits per heavy atom. The first kappa shape index (κ1) is 19.5. The van der Waals surface area contributed by atoms with E-state index in [9.17, 15) is 4.79 Å². The summed E-state index contributed by atoms with van der Waals surface area (Å²) in [5.41, 5.74) is -0.422. The molecule has 0 bridgehead atoms. The third kappa shape index (κ3) is 6.28. The number of carbonyl (C=O) groups excluding carboxylic acids is 1. The number of rotatable bonds is 6. The molecule has 1 fully saturated rings. The molecule has 1 aliphatic carbocycles. The van der Waals surface area contributed by atoms with Crippen molar-refractivity contribution >= 4 is 5.97 Å². The third-order valence-corrected chi connectivity index (χ3v) is 4.56. The lowest BCUT2D eigenvalue weighted by Gasteiger charge is -2.40. The van der Waals surface area contributed by atoms with E-state index >= 15 is 0 Å². The molecule has 0 spiro atoms. The highest BCUT2D eigenvalue weighted by atomic mass is 16.7. The molecule has 3 heteroatoms. The van der Waals surface area contributed by atoms with Gasteiger partial charge in [-0.3, -0.25) is 4.79 Å². The van der Waals surface area contributed by atoms with Crippen LogP contribution >= 0.6 is 0 Å². The van der Waals surface area contributed by atoms with Crippen LogP contribution in [0.25, 0.3) is 0 Å². The molecule has 0 amide bonds. The maximum atomic E-state index is 12.5. The minimum Gasteiger partial charge on any atom is -0.433 e. The first-order chi connectivity index (χ1) is 9.97. The van der Waals surface area contributed by atoms with E-state index in [1.165, 1.54) is 19.3 Å². The lowest BCUT2D eigenvalue weighted by atomic mass is 9.86. The molecule has 130 valence electrons. The summed E-state index contributed by atoms with van der Waals surface area (Å²) in [5, 5.41) is 0. The number of ether oxygens (including phenoxy) is 2. The van der Waals surface area contributed by atoms with Crippen molar-refractivity contribution < 1.29 is 14.3 Å². The van der Waals surface area contributed by atoms with Crippen LogP contribution < -0.4 is 0 Å². The minimum absolute atomic E-state index is 0.0417. The molecule has 3 nitrogen and oxygen atoms in total. The SMILES string of the molecule is CCC(C)(C)C(=O)OC(C)(CC(C)(C)C)OC1CCCCC1. The van der Waals surface area contributed by atoms with Gasteiger partial charge in [0.15, 0.2) is 0 Å². The van der Waals surface area contributed by atoms with E-state index in [2.05, 4.69) is 20.8 Å². The van der Waals surface area contributed by atoms with Crippen molar-refractivity contribution in [3.05, 3.63) is 0 Å². The predicted molar refractivity (Wildman–Crippen MR) is 90.6 cm³/mol. The van der Waals surface area contributed by atoms with Crippen LogP contribution in [0.1, 0.15) is 93.4 Å². The highest BCUT2D eigenvalue weighted by Crippen LogP contribution is 2.36. The smallest absolute Gasteiger partial charge is 0.313 e. The van der Waals surface area contributed by atoms with Crippen LogP contribution in [0.4, 0.5) is 0 Å². The van der Waals surface area contributed by atoms with Gasteiger partial charge in [0.05, 0.1) is 11.5 Å². The van der Waals surface area contributed by atoms with Gasteiger partial charge in [0.1, 0.15) is 0 Å². The Balaban J connectivity index is 2.83. The monoisotopic (exact) mass is 312 g/mol. The molecule has 22 heavy (non-hydrogen) atoms. The van der Waals surface area contributed by atoms with Crippen molar-refractivity contribution in [2.45, 2.75) is 105 Å². The molecular weight excluding hydrogens is 276 g/mol. The Morgan fingerprint density at radius 3 is 2.00 bits per heavy atom. The van der Waals surface area contributed by atoms with Crippen LogP contribution in [0.2, 0.25) is 0 Å². The molecule has 0 saturated heterocycles. The first-order valence-corrected chi connectivity index (χ1v) is 8.89. The zero-order valence-corrected chi connectivity index (χ0v) is 15.8. The molecule has 1 atom stereocenters. The van der Waals surface area contributed by atoms with E-state index in [0.717, 1.165) is 19.3 Å². The first-order valence-electron chi connectivity index (χ1n) is 8.89. The second kappa shape index (κ2) is 7.33. The van der Waals surface area contributed by atoms with E-state index in [0.29, 0.717) is 6.42 Å². The fourth-order valence-electron chi connectivity index (χ4n) is 3.08. The molecule has 1 rings (SSSR count). The highest BCUT2D eigenvalue weighted by molar-refractivity contribution is 5.76. The molecule has 0 aliphatic heterocycles. The normalized spacial score (nSPS) is 20.5. The Morgan fingerprint density at radius 2 is 1.55 bits per heavy atom. The zero-order valence-electron chi connectivity index (χ0n) is 15.8. The van der Waals surface area contributed by atoms with Gasteiger partial charge in [0.25, 0.3) is 0 Å². The van der Waals surface area contributed by atoms with Crippen LogP contribution in [-0.2, 0) is 14.3 Å². The summed E-state index contributed by atoms with van der Waals surface area (Å²) >= 11 is 0. The summed E-state index contributed by atoms with van der Waals surface area (Å²) in [5.74, 6) is -0.985. The predicted octanol–water partition coefficient (Wildman–Crippen LogP) is 5.47. The van der Waals surface area contributed by atoms with Gasteiger partial charge in [-0.15, -0.1) is 0 Å². The molecule has 0 aromatic rings. The summed E-state index contributed by atoms with van der Waals surface area (Å²) in [7, 11) is 0. The van der Waals surface area contributed by atoms with Crippen molar-refractivity contribution in [2.24, 2.45) is 10.8 Å². The van der Waals surface area contributed by atoms with Gasteiger partial charge in [-0.1, -0.05) is 47.0 Å². The summed E-state index contributed by atoms with van der Waals surface area (Å²) in [4.78, 5) is 12.5. The Bertz CT molecular complexity index is 361. The summed E-state index contributed by atoms with van der Waals surface area (Å²) in [6, 6.07) is 0. The zero-order chi connectivity index (χ0) is 17.0. The minimum atomic E-state index is -0.830. The number of hydrogen-bond donors (Lipinski definition) is 0. The van der Waals surface area contributed by atoms with Crippen LogP contribution in [-0.4, -0.2) is 17.9 Å². The maximum absolute atomic E-state index is 12.5. The quantitative estimate of drug-likeness (QED) is 0.482. The molecular formula is C19H36O3. The summed E-state index contributed by atoms with van der Waals surface area (Å²) in [6.45, 7) is 14.3. The standard InChI is InChI=1S/C19H36O3/c1-8-18(5,6)16(20)22-19(7,14-17(2,3)4)21-15-12-10-9-11-13-15/h15H,8-14H2,1-7H3. The van der Waals surface area contributed by atoms with Gasteiger partial charge in [-0.2, -0.15) is 0 Å². The number of carbonyl (C=O) groups is 1. The second-order valence-corrected chi connectivity index (χ2v) is 8.88. The van der Waals surface area contributed by atoms with E-state index in [1.54, 1.807) is 0 Å². The lowest BCUT2D eigenvalue weighted by molar-refractivity contribution is -0.260. The number of esters is 1. The Hall–Kier alpha value is -0.570. The fraction of sp³-hybridized carbons (Fsp3) is 0.947. The van der Waals surface area contributed by atoms with Crippen LogP contribution in [0.15, 0.2) is 0 Å². The van der Waals surface area contributed by atoms with Gasteiger partial charge >= 0.3 is 5.97 Å². The molecule has 0 aromatic heterocycles. The van der Waals surface area contributed by atoms with Gasteiger partial charge in [-0.25, -0.2) is 0 Å². The highest BCUT2D eigenvalue weighted by Gasteiger charge is 2.40. The van der Waals surface area contributed by atoms with Gasteiger partial charge in [-0.05, 0) is 38.5 Å². The van der Waals surface area contributed by atoms with E-state index in [1.807, 2.05) is 27.7 Å². The van der Waals surface area contributed by atoms with Crippen LogP contribution in [0, 0.1) is 10.8 Å². The Kier molecular flexibility index (Phi) is 6.49. The largest absolute Gasteiger partial charge is 0.433 e. The van der Waals surface area contributed by atoms with E-state index in [-0.39, 0.29) is 17.5 Å². The summed E-state index contributed by atoms with van der Waals surface area (Å²) < 4.78 is 12.2. The third-order valence-electron chi connectivity index (χ3n) is 4.56. The van der Waals surface area contributed by atoms with Crippen molar-refractivity contribution in [2.75, 3.05) is 0 Å². The van der Waals surface area contributed by atoms with Gasteiger partial charge in [0.2, 0.25) is 5.79 Å². The lowest BCUT2D eigenvalue weighted by Crippen LogP contribution is -2.44. The van der Waals surface area contributed by atoms with E-state index in [4.69, 9.17) is 9.47 Å². The van der Waals surface area contributed by atoms with E-state index < -0.39 is 11.2 Å². The average Bonchev–Trinajstić information content (AvgIpc) is 2.36. The maximum Gasteiger partial charge on any atom is 0.313 e. The van der Waals surface area contributed by atoms with Gasteiger partial charge < -0.3 is 9.47 Å². The van der Waals surface area contributed by atoms with Crippen molar-refractivity contribution in [3.8, 4) is 0 Å². The fourth-order valence-corrected chi connectivity index (χ4v) is 3.08. The number of hydrogen-bond acceptors (Lipinski definition) is 3. The second-order valence-electron chi connectivity index (χ2n) is 8.88. The van der Waals surface area contributed by atoms with Crippen molar-refractivity contribution in [1.82, 2.24) is 0 Å². The Labute approximate surface area is 137 Å². The average molecular weight is 312 g/mol. The molecule has 1 unspecified atom stereocenters.